The van der Waals surface area contributed by atoms with E-state index in [0.29, 0.717) is 24.5 Å². The minimum Gasteiger partial charge on any atom is -0.496 e. The maximum Gasteiger partial charge on any atom is 0.192 e. The summed E-state index contributed by atoms with van der Waals surface area (Å²) in [6.45, 7) is 13.5. The van der Waals surface area contributed by atoms with Crippen LogP contribution in [0, 0.1) is 6.92 Å². The summed E-state index contributed by atoms with van der Waals surface area (Å²) >= 11 is 0. The summed E-state index contributed by atoms with van der Waals surface area (Å²) in [5, 5.41) is 9.47. The molecule has 7 heteroatoms. The van der Waals surface area contributed by atoms with E-state index in [-0.39, 0.29) is 23.9 Å². The van der Waals surface area contributed by atoms with Crippen LogP contribution in [0.15, 0.2) is 0 Å². The summed E-state index contributed by atoms with van der Waals surface area (Å²) in [5.74, 6) is 2.10. The predicted octanol–water partition coefficient (Wildman–Crippen LogP) is 3.84. The molecule has 0 aliphatic carbocycles. The van der Waals surface area contributed by atoms with E-state index in [1.54, 1.807) is 21.3 Å². The highest BCUT2D eigenvalue weighted by atomic mass is 28.4. The largest absolute Gasteiger partial charge is 0.496 e. The molecule has 160 valence electrons. The second-order valence-corrected chi connectivity index (χ2v) is 13.6. The average Bonchev–Trinajstić information content (AvgIpc) is 3.37. The van der Waals surface area contributed by atoms with Crippen molar-refractivity contribution >= 4 is 8.32 Å². The molecular formula is C21H36O6Si. The molecule has 1 aromatic rings. The van der Waals surface area contributed by atoms with Gasteiger partial charge in [0.2, 0.25) is 0 Å². The Hall–Kier alpha value is -1.28. The summed E-state index contributed by atoms with van der Waals surface area (Å²) < 4.78 is 29.3. The number of hydrogen-bond donors (Lipinski definition) is 1. The Labute approximate surface area is 170 Å². The molecule has 1 N–H and O–H groups in total. The number of epoxide rings is 1. The Balaban J connectivity index is 2.52. The summed E-state index contributed by atoms with van der Waals surface area (Å²) in [7, 11) is 2.97. The van der Waals surface area contributed by atoms with E-state index in [4.69, 9.17) is 23.4 Å². The molecule has 6 nitrogen and oxygen atoms in total. The fourth-order valence-corrected chi connectivity index (χ4v) is 4.15. The van der Waals surface area contributed by atoms with Gasteiger partial charge < -0.3 is 28.5 Å². The Morgan fingerprint density at radius 2 is 1.50 bits per heavy atom. The minimum atomic E-state index is -1.97. The Kier molecular flexibility index (Phi) is 7.07. The van der Waals surface area contributed by atoms with Crippen molar-refractivity contribution in [2.24, 2.45) is 0 Å². The molecule has 0 radical (unpaired) electrons. The number of rotatable bonds is 9. The third-order valence-electron chi connectivity index (χ3n) is 6.07. The minimum absolute atomic E-state index is 0.0229. The molecule has 0 aromatic heterocycles. The highest BCUT2D eigenvalue weighted by Gasteiger charge is 2.41. The van der Waals surface area contributed by atoms with E-state index in [1.165, 1.54) is 0 Å². The van der Waals surface area contributed by atoms with E-state index in [9.17, 15) is 5.11 Å². The average molecular weight is 413 g/mol. The van der Waals surface area contributed by atoms with Gasteiger partial charge in [-0.15, -0.1) is 0 Å². The molecule has 0 unspecified atom stereocenters. The van der Waals surface area contributed by atoms with Crippen molar-refractivity contribution in [3.8, 4) is 17.2 Å². The highest BCUT2D eigenvalue weighted by molar-refractivity contribution is 6.74. The summed E-state index contributed by atoms with van der Waals surface area (Å²) in [4.78, 5) is 0. The molecular weight excluding hydrogens is 376 g/mol. The highest BCUT2D eigenvalue weighted by Crippen LogP contribution is 2.47. The van der Waals surface area contributed by atoms with Gasteiger partial charge in [0, 0.05) is 23.1 Å². The van der Waals surface area contributed by atoms with Crippen LogP contribution in [-0.4, -0.2) is 53.6 Å². The van der Waals surface area contributed by atoms with E-state index in [0.717, 1.165) is 22.4 Å². The smallest absolute Gasteiger partial charge is 0.192 e. The van der Waals surface area contributed by atoms with Crippen LogP contribution in [0.1, 0.15) is 37.5 Å². The number of aliphatic hydroxyl groups excluding tert-OH is 1. The lowest BCUT2D eigenvalue weighted by atomic mass is 9.96. The van der Waals surface area contributed by atoms with Crippen LogP contribution >= 0.6 is 0 Å². The normalized spacial score (nSPS) is 19.5. The lowest BCUT2D eigenvalue weighted by molar-refractivity contribution is 0.241. The van der Waals surface area contributed by atoms with Gasteiger partial charge in [-0.05, 0) is 25.1 Å². The number of benzene rings is 1. The van der Waals surface area contributed by atoms with Crippen LogP contribution in [0.2, 0.25) is 18.1 Å². The van der Waals surface area contributed by atoms with Crippen LogP contribution in [0.25, 0.3) is 0 Å². The molecule has 2 atom stereocenters. The molecule has 1 aromatic carbocycles. The first-order chi connectivity index (χ1) is 13.0. The van der Waals surface area contributed by atoms with Gasteiger partial charge in [-0.1, -0.05) is 20.8 Å². The van der Waals surface area contributed by atoms with E-state index >= 15 is 0 Å². The Morgan fingerprint density at radius 1 is 0.929 bits per heavy atom. The third kappa shape index (κ3) is 4.48. The summed E-state index contributed by atoms with van der Waals surface area (Å²) in [5.41, 5.74) is 2.81. The van der Waals surface area contributed by atoms with Crippen molar-refractivity contribution in [3.63, 3.8) is 0 Å². The zero-order valence-corrected chi connectivity index (χ0v) is 19.8. The summed E-state index contributed by atoms with van der Waals surface area (Å²) in [6.07, 6.45) is 0.487. The molecule has 1 fully saturated rings. The van der Waals surface area contributed by atoms with Crippen LogP contribution in [0.5, 0.6) is 17.2 Å². The Bertz CT molecular complexity index is 695. The standard InChI is InChI=1S/C21H36O6Si/c1-13-18(23-5)14(10-16-17(11-22)27-16)15(20(25-7)19(13)24-6)12-26-28(8,9)21(2,3)4/h16-17,22H,10-12H2,1-9H3/t16-,17+/m1/s1. The molecule has 1 aliphatic rings. The van der Waals surface area contributed by atoms with E-state index < -0.39 is 8.32 Å². The lowest BCUT2D eigenvalue weighted by Gasteiger charge is -2.36. The lowest BCUT2D eigenvalue weighted by Crippen LogP contribution is -2.40. The fraction of sp³-hybridized carbons (Fsp3) is 0.714. The van der Waals surface area contributed by atoms with E-state index in [2.05, 4.69) is 33.9 Å². The summed E-state index contributed by atoms with van der Waals surface area (Å²) in [6, 6.07) is 0. The SMILES string of the molecule is COc1c(C)c(OC)c(OC)c(CO[Si](C)(C)C(C)(C)C)c1C[C@H]1O[C@H]1CO. The van der Waals surface area contributed by atoms with Gasteiger partial charge in [-0.25, -0.2) is 0 Å². The van der Waals surface area contributed by atoms with Crippen LogP contribution < -0.4 is 14.2 Å². The quantitative estimate of drug-likeness (QED) is 0.491. The number of aliphatic hydroxyl groups is 1. The van der Waals surface area contributed by atoms with Crippen LogP contribution in [0.4, 0.5) is 0 Å². The zero-order valence-electron chi connectivity index (χ0n) is 18.8. The molecule has 2 rings (SSSR count). The van der Waals surface area contributed by atoms with Crippen molar-refractivity contribution in [2.75, 3.05) is 27.9 Å². The molecule has 1 saturated heterocycles. The number of hydrogen-bond acceptors (Lipinski definition) is 6. The topological polar surface area (TPSA) is 69.7 Å². The molecule has 0 spiro atoms. The number of ether oxygens (including phenoxy) is 4. The van der Waals surface area contributed by atoms with Gasteiger partial charge in [0.1, 0.15) is 11.9 Å². The van der Waals surface area contributed by atoms with Crippen molar-refractivity contribution < 1.29 is 28.5 Å². The van der Waals surface area contributed by atoms with Gasteiger partial charge in [0.25, 0.3) is 0 Å². The molecule has 0 amide bonds. The first-order valence-corrected chi connectivity index (χ1v) is 12.6. The molecule has 1 aliphatic heterocycles. The first-order valence-electron chi connectivity index (χ1n) is 9.72. The monoisotopic (exact) mass is 412 g/mol. The maximum atomic E-state index is 9.37. The van der Waals surface area contributed by atoms with Crippen LogP contribution in [0.3, 0.4) is 0 Å². The van der Waals surface area contributed by atoms with Crippen LogP contribution in [-0.2, 0) is 22.2 Å². The molecule has 28 heavy (non-hydrogen) atoms. The van der Waals surface area contributed by atoms with Gasteiger partial charge in [0.05, 0.1) is 40.6 Å². The maximum absolute atomic E-state index is 9.37. The Morgan fingerprint density at radius 3 is 1.93 bits per heavy atom. The van der Waals surface area contributed by atoms with Gasteiger partial charge in [-0.3, -0.25) is 0 Å². The molecule has 1 heterocycles. The van der Waals surface area contributed by atoms with Gasteiger partial charge in [0.15, 0.2) is 19.8 Å². The van der Waals surface area contributed by atoms with Crippen molar-refractivity contribution in [1.29, 1.82) is 0 Å². The second kappa shape index (κ2) is 8.61. The van der Waals surface area contributed by atoms with E-state index in [1.807, 2.05) is 6.92 Å². The molecule has 0 saturated carbocycles. The van der Waals surface area contributed by atoms with Gasteiger partial charge >= 0.3 is 0 Å². The van der Waals surface area contributed by atoms with Gasteiger partial charge in [-0.2, -0.15) is 0 Å². The fourth-order valence-electron chi connectivity index (χ4n) is 3.21. The third-order valence-corrected chi connectivity index (χ3v) is 10.5. The van der Waals surface area contributed by atoms with Crippen molar-refractivity contribution in [2.45, 2.75) is 71.1 Å². The van der Waals surface area contributed by atoms with Crippen molar-refractivity contribution in [1.82, 2.24) is 0 Å². The van der Waals surface area contributed by atoms with Crippen molar-refractivity contribution in [3.05, 3.63) is 16.7 Å². The first kappa shape index (κ1) is 23.0. The second-order valence-electron chi connectivity index (χ2n) is 8.83. The molecule has 0 bridgehead atoms. The zero-order chi connectivity index (χ0) is 21.3. The number of methoxy groups -OCH3 is 3. The predicted molar refractivity (Wildman–Crippen MR) is 112 cm³/mol.